The van der Waals surface area contributed by atoms with E-state index in [-0.39, 0.29) is 0 Å². The Hall–Kier alpha value is -1.96. The number of rotatable bonds is 3. The highest BCUT2D eigenvalue weighted by molar-refractivity contribution is 6.31. The monoisotopic (exact) mass is 289 g/mol. The Morgan fingerprint density at radius 3 is 2.85 bits per heavy atom. The van der Waals surface area contributed by atoms with Gasteiger partial charge < -0.3 is 10.5 Å². The molecule has 0 atom stereocenters. The molecule has 2 rings (SSSR count). The molecular weight excluding hydrogens is 274 g/mol. The largest absolute Gasteiger partial charge is 0.495 e. The summed E-state index contributed by atoms with van der Waals surface area (Å²) in [4.78, 5) is 0. The number of hydrogen-bond donors (Lipinski definition) is 1. The van der Waals surface area contributed by atoms with E-state index < -0.39 is 0 Å². The van der Waals surface area contributed by atoms with Gasteiger partial charge in [-0.2, -0.15) is 5.10 Å². The lowest BCUT2D eigenvalue weighted by atomic mass is 10.1. The fraction of sp³-hybridized carbons (Fsp3) is 0.267. The van der Waals surface area contributed by atoms with Gasteiger partial charge in [-0.1, -0.05) is 29.5 Å². The lowest BCUT2D eigenvalue weighted by molar-refractivity contribution is 0.413. The van der Waals surface area contributed by atoms with Crippen LogP contribution in [0.15, 0.2) is 24.4 Å². The molecule has 4 nitrogen and oxygen atoms in total. The molecule has 0 aliphatic carbocycles. The molecule has 0 saturated carbocycles. The summed E-state index contributed by atoms with van der Waals surface area (Å²) < 4.78 is 7.14. The van der Waals surface area contributed by atoms with Crippen molar-refractivity contribution in [3.05, 3.63) is 46.2 Å². The number of hydrogen-bond acceptors (Lipinski definition) is 3. The Labute approximate surface area is 123 Å². The van der Waals surface area contributed by atoms with E-state index >= 15 is 0 Å². The quantitative estimate of drug-likeness (QED) is 0.882. The maximum Gasteiger partial charge on any atom is 0.134 e. The van der Waals surface area contributed by atoms with Gasteiger partial charge in [-0.25, -0.2) is 0 Å². The van der Waals surface area contributed by atoms with Gasteiger partial charge in [0.2, 0.25) is 0 Å². The van der Waals surface area contributed by atoms with Crippen LogP contribution in [0.3, 0.4) is 0 Å². The first-order chi connectivity index (χ1) is 9.65. The molecule has 20 heavy (non-hydrogen) atoms. The van der Waals surface area contributed by atoms with Crippen molar-refractivity contribution in [2.24, 2.45) is 5.73 Å². The van der Waals surface area contributed by atoms with Gasteiger partial charge in [-0.3, -0.25) is 4.68 Å². The Morgan fingerprint density at radius 1 is 1.45 bits per heavy atom. The normalized spacial score (nSPS) is 10.0. The molecule has 0 saturated heterocycles. The number of benzene rings is 1. The van der Waals surface area contributed by atoms with Crippen LogP contribution in [-0.4, -0.2) is 23.4 Å². The topological polar surface area (TPSA) is 53.1 Å². The zero-order valence-corrected chi connectivity index (χ0v) is 12.2. The number of nitrogens with two attached hydrogens (primary N) is 1. The number of ether oxygens (including phenoxy) is 1. The van der Waals surface area contributed by atoms with Crippen LogP contribution < -0.4 is 10.5 Å². The van der Waals surface area contributed by atoms with E-state index in [1.165, 1.54) is 0 Å². The molecule has 0 fully saturated rings. The van der Waals surface area contributed by atoms with Gasteiger partial charge in [0.05, 0.1) is 42.7 Å². The smallest absolute Gasteiger partial charge is 0.134 e. The molecule has 0 amide bonds. The summed E-state index contributed by atoms with van der Waals surface area (Å²) in [7, 11) is 1.63. The van der Waals surface area contributed by atoms with E-state index in [0.717, 1.165) is 22.6 Å². The standard InChI is InChI=1S/C15H16ClN3O/c1-11-14(16)9-18-19(11)10-12-5-6-15(20-2)13(8-12)4-3-7-17/h5-6,8-9H,7,10,17H2,1-2H3. The first kappa shape index (κ1) is 14.4. The van der Waals surface area contributed by atoms with Crippen molar-refractivity contribution in [3.8, 4) is 17.6 Å². The zero-order chi connectivity index (χ0) is 14.5. The molecule has 0 bridgehead atoms. The van der Waals surface area contributed by atoms with E-state index in [4.69, 9.17) is 22.1 Å². The van der Waals surface area contributed by atoms with Gasteiger partial charge in [0.15, 0.2) is 0 Å². The van der Waals surface area contributed by atoms with Crippen LogP contribution in [0, 0.1) is 18.8 Å². The molecule has 2 N–H and O–H groups in total. The van der Waals surface area contributed by atoms with Crippen molar-refractivity contribution in [1.82, 2.24) is 9.78 Å². The average Bonchev–Trinajstić information content (AvgIpc) is 2.77. The van der Waals surface area contributed by atoms with Crippen LogP contribution in [0.4, 0.5) is 0 Å². The fourth-order valence-corrected chi connectivity index (χ4v) is 1.99. The van der Waals surface area contributed by atoms with Crippen LogP contribution >= 0.6 is 11.6 Å². The molecule has 0 unspecified atom stereocenters. The Bertz CT molecular complexity index is 667. The van der Waals surface area contributed by atoms with E-state index in [1.54, 1.807) is 13.3 Å². The Balaban J connectivity index is 2.31. The minimum absolute atomic E-state index is 0.321. The first-order valence-electron chi connectivity index (χ1n) is 6.19. The molecular formula is C15H16ClN3O. The van der Waals surface area contributed by atoms with E-state index in [2.05, 4.69) is 16.9 Å². The van der Waals surface area contributed by atoms with Crippen LogP contribution in [0.2, 0.25) is 5.02 Å². The van der Waals surface area contributed by atoms with Gasteiger partial charge >= 0.3 is 0 Å². The summed E-state index contributed by atoms with van der Waals surface area (Å²) in [5, 5.41) is 4.91. The minimum atomic E-state index is 0.321. The van der Waals surface area contributed by atoms with Crippen molar-refractivity contribution in [2.75, 3.05) is 13.7 Å². The van der Waals surface area contributed by atoms with Gasteiger partial charge in [0, 0.05) is 0 Å². The highest BCUT2D eigenvalue weighted by Gasteiger charge is 2.07. The van der Waals surface area contributed by atoms with Crippen LogP contribution in [0.1, 0.15) is 16.8 Å². The van der Waals surface area contributed by atoms with Crippen molar-refractivity contribution in [3.63, 3.8) is 0 Å². The predicted molar refractivity (Wildman–Crippen MR) is 80.0 cm³/mol. The predicted octanol–water partition coefficient (Wildman–Crippen LogP) is 2.21. The third-order valence-corrected chi connectivity index (χ3v) is 3.34. The molecule has 1 aromatic heterocycles. The SMILES string of the molecule is COc1ccc(Cn2ncc(Cl)c2C)cc1C#CCN. The van der Waals surface area contributed by atoms with Crippen LogP contribution in [-0.2, 0) is 6.54 Å². The maximum atomic E-state index is 6.00. The van der Waals surface area contributed by atoms with Crippen LogP contribution in [0.25, 0.3) is 0 Å². The first-order valence-corrected chi connectivity index (χ1v) is 6.57. The minimum Gasteiger partial charge on any atom is -0.495 e. The van der Waals surface area contributed by atoms with Crippen molar-refractivity contribution in [2.45, 2.75) is 13.5 Å². The summed E-state index contributed by atoms with van der Waals surface area (Å²) in [6, 6.07) is 5.87. The van der Waals surface area contributed by atoms with Gasteiger partial charge in [-0.15, -0.1) is 0 Å². The molecule has 0 spiro atoms. The van der Waals surface area contributed by atoms with E-state index in [0.29, 0.717) is 18.1 Å². The highest BCUT2D eigenvalue weighted by Crippen LogP contribution is 2.20. The summed E-state index contributed by atoms with van der Waals surface area (Å²) in [6.45, 7) is 2.90. The third kappa shape index (κ3) is 3.13. The molecule has 2 aromatic rings. The summed E-state index contributed by atoms with van der Waals surface area (Å²) in [5.74, 6) is 6.59. The second kappa shape index (κ2) is 6.47. The molecule has 104 valence electrons. The van der Waals surface area contributed by atoms with Gasteiger partial charge in [-0.05, 0) is 24.6 Å². The third-order valence-electron chi connectivity index (χ3n) is 2.96. The molecule has 0 aliphatic heterocycles. The molecule has 5 heteroatoms. The lowest BCUT2D eigenvalue weighted by Gasteiger charge is -2.08. The van der Waals surface area contributed by atoms with E-state index in [9.17, 15) is 0 Å². The number of nitrogens with zero attached hydrogens (tertiary/aromatic N) is 2. The van der Waals surface area contributed by atoms with E-state index in [1.807, 2.05) is 29.8 Å². The maximum absolute atomic E-state index is 6.00. The highest BCUT2D eigenvalue weighted by atomic mass is 35.5. The van der Waals surface area contributed by atoms with Gasteiger partial charge in [0.25, 0.3) is 0 Å². The molecule has 0 radical (unpaired) electrons. The fourth-order valence-electron chi connectivity index (χ4n) is 1.85. The molecule has 1 heterocycles. The number of halogens is 1. The molecule has 1 aromatic carbocycles. The second-order valence-electron chi connectivity index (χ2n) is 4.28. The van der Waals surface area contributed by atoms with Crippen molar-refractivity contribution in [1.29, 1.82) is 0 Å². The van der Waals surface area contributed by atoms with Crippen molar-refractivity contribution < 1.29 is 4.74 Å². The number of aromatic nitrogens is 2. The number of methoxy groups -OCH3 is 1. The Morgan fingerprint density at radius 2 is 2.25 bits per heavy atom. The summed E-state index contributed by atoms with van der Waals surface area (Å²) in [5.41, 5.74) is 8.25. The molecule has 0 aliphatic rings. The van der Waals surface area contributed by atoms with Crippen molar-refractivity contribution >= 4 is 11.6 Å². The lowest BCUT2D eigenvalue weighted by Crippen LogP contribution is -2.04. The zero-order valence-electron chi connectivity index (χ0n) is 11.5. The Kier molecular flexibility index (Phi) is 4.67. The van der Waals surface area contributed by atoms with Crippen LogP contribution in [0.5, 0.6) is 5.75 Å². The average molecular weight is 290 g/mol. The summed E-state index contributed by atoms with van der Waals surface area (Å²) >= 11 is 6.00. The van der Waals surface area contributed by atoms with Gasteiger partial charge in [0.1, 0.15) is 5.75 Å². The second-order valence-corrected chi connectivity index (χ2v) is 4.68. The summed E-state index contributed by atoms with van der Waals surface area (Å²) in [6.07, 6.45) is 1.65.